The van der Waals surface area contributed by atoms with Gasteiger partial charge in [0.2, 0.25) is 6.29 Å². The molecule has 1 aliphatic carbocycles. The highest BCUT2D eigenvalue weighted by molar-refractivity contribution is 14.1. The monoisotopic (exact) mass is 545 g/mol. The maximum atomic E-state index is 12.1. The molecule has 0 aromatic heterocycles. The summed E-state index contributed by atoms with van der Waals surface area (Å²) >= 11 is 2.08. The number of esters is 1. The standard InChI is InChI=1S/C26H26IO3S/c1-19(27)25(28)30-26(20-9-8-10-20)29-21-15-17-24(18-16-21)31(22-11-4-2-5-12-22)23-13-6-3-7-14-23/h2-7,11-20,26H,8-10H2,1H3/q+1. The van der Waals surface area contributed by atoms with Gasteiger partial charge in [0, 0.05) is 5.92 Å². The van der Waals surface area contributed by atoms with Crippen LogP contribution >= 0.6 is 22.6 Å². The molecule has 0 radical (unpaired) electrons. The molecule has 3 nitrogen and oxygen atoms in total. The first-order valence-corrected chi connectivity index (χ1v) is 13.0. The highest BCUT2D eigenvalue weighted by Gasteiger charge is 2.33. The fourth-order valence-electron chi connectivity index (χ4n) is 3.45. The predicted molar refractivity (Wildman–Crippen MR) is 133 cm³/mol. The van der Waals surface area contributed by atoms with Crippen molar-refractivity contribution in [1.82, 2.24) is 0 Å². The highest BCUT2D eigenvalue weighted by atomic mass is 127. The molecule has 3 aromatic rings. The second-order valence-electron chi connectivity index (χ2n) is 7.63. The van der Waals surface area contributed by atoms with E-state index in [1.807, 2.05) is 31.2 Å². The van der Waals surface area contributed by atoms with E-state index in [9.17, 15) is 4.79 Å². The summed E-state index contributed by atoms with van der Waals surface area (Å²) in [6, 6.07) is 29.4. The third-order valence-corrected chi connectivity index (χ3v) is 8.10. The van der Waals surface area contributed by atoms with Gasteiger partial charge < -0.3 is 9.47 Å². The van der Waals surface area contributed by atoms with Crippen molar-refractivity contribution in [2.24, 2.45) is 5.92 Å². The van der Waals surface area contributed by atoms with E-state index >= 15 is 0 Å². The summed E-state index contributed by atoms with van der Waals surface area (Å²) in [4.78, 5) is 15.9. The zero-order valence-electron chi connectivity index (χ0n) is 17.4. The van der Waals surface area contributed by atoms with Crippen LogP contribution in [0.4, 0.5) is 0 Å². The van der Waals surface area contributed by atoms with Crippen molar-refractivity contribution in [3.63, 3.8) is 0 Å². The SMILES string of the molecule is CC(I)C(=O)OC(Oc1ccc([S+](c2ccccc2)c2ccccc2)cc1)C1CCC1. The minimum Gasteiger partial charge on any atom is -0.454 e. The topological polar surface area (TPSA) is 35.5 Å². The van der Waals surface area contributed by atoms with Gasteiger partial charge in [0.1, 0.15) is 9.67 Å². The van der Waals surface area contributed by atoms with Gasteiger partial charge in [0.05, 0.1) is 10.9 Å². The zero-order chi connectivity index (χ0) is 21.6. The molecule has 0 spiro atoms. The summed E-state index contributed by atoms with van der Waals surface area (Å²) in [5, 5.41) is 0. The molecule has 5 heteroatoms. The maximum Gasteiger partial charge on any atom is 0.321 e. The molecule has 0 aliphatic heterocycles. The first-order chi connectivity index (χ1) is 15.1. The molecule has 0 N–H and O–H groups in total. The van der Waals surface area contributed by atoms with Crippen molar-refractivity contribution >= 4 is 39.5 Å². The Labute approximate surface area is 200 Å². The van der Waals surface area contributed by atoms with Gasteiger partial charge >= 0.3 is 5.97 Å². The number of carbonyl (C=O) groups excluding carboxylic acids is 1. The van der Waals surface area contributed by atoms with Gasteiger partial charge in [-0.25, -0.2) is 0 Å². The number of benzene rings is 3. The smallest absolute Gasteiger partial charge is 0.321 e. The summed E-state index contributed by atoms with van der Waals surface area (Å²) in [5.74, 6) is 0.796. The zero-order valence-corrected chi connectivity index (χ0v) is 20.4. The average molecular weight is 545 g/mol. The molecular formula is C26H26IO3S+. The van der Waals surface area contributed by atoms with Crippen LogP contribution in [0.15, 0.2) is 99.6 Å². The summed E-state index contributed by atoms with van der Waals surface area (Å²) in [7, 11) is -0.192. The van der Waals surface area contributed by atoms with Gasteiger partial charge in [-0.1, -0.05) is 65.4 Å². The number of alkyl halides is 1. The normalized spacial score (nSPS) is 15.7. The van der Waals surface area contributed by atoms with E-state index in [1.165, 1.54) is 14.7 Å². The highest BCUT2D eigenvalue weighted by Crippen LogP contribution is 2.35. The third kappa shape index (κ3) is 5.63. The number of hydrogen-bond donors (Lipinski definition) is 0. The molecule has 0 saturated heterocycles. The Morgan fingerprint density at radius 3 is 1.84 bits per heavy atom. The van der Waals surface area contributed by atoms with Crippen LogP contribution in [0.2, 0.25) is 0 Å². The molecule has 4 rings (SSSR count). The van der Waals surface area contributed by atoms with Crippen LogP contribution in [0, 0.1) is 5.92 Å². The molecule has 160 valence electrons. The van der Waals surface area contributed by atoms with Crippen LogP contribution in [0.25, 0.3) is 0 Å². The molecule has 0 heterocycles. The van der Waals surface area contributed by atoms with Gasteiger partial charge in [-0.2, -0.15) is 0 Å². The van der Waals surface area contributed by atoms with Crippen LogP contribution in [-0.4, -0.2) is 16.2 Å². The maximum absolute atomic E-state index is 12.1. The molecular weight excluding hydrogens is 519 g/mol. The summed E-state index contributed by atoms with van der Waals surface area (Å²) < 4.78 is 11.6. The lowest BCUT2D eigenvalue weighted by Crippen LogP contribution is -2.37. The summed E-state index contributed by atoms with van der Waals surface area (Å²) in [6.07, 6.45) is 2.73. The summed E-state index contributed by atoms with van der Waals surface area (Å²) in [5.41, 5.74) is 0. The van der Waals surface area contributed by atoms with E-state index in [0.29, 0.717) is 0 Å². The van der Waals surface area contributed by atoms with Crippen molar-refractivity contribution < 1.29 is 14.3 Å². The number of hydrogen-bond acceptors (Lipinski definition) is 3. The van der Waals surface area contributed by atoms with E-state index in [1.54, 1.807) is 0 Å². The van der Waals surface area contributed by atoms with Crippen LogP contribution in [0.1, 0.15) is 26.2 Å². The Morgan fingerprint density at radius 1 is 0.871 bits per heavy atom. The van der Waals surface area contributed by atoms with Gasteiger partial charge in [-0.15, -0.1) is 0 Å². The second kappa shape index (κ2) is 10.6. The molecule has 31 heavy (non-hydrogen) atoms. The average Bonchev–Trinajstić information content (AvgIpc) is 2.75. The van der Waals surface area contributed by atoms with Gasteiger partial charge in [0.25, 0.3) is 0 Å². The minimum atomic E-state index is -0.509. The lowest BCUT2D eigenvalue weighted by atomic mass is 9.85. The molecule has 2 unspecified atom stereocenters. The Hall–Kier alpha value is -1.99. The quantitative estimate of drug-likeness (QED) is 0.105. The van der Waals surface area contributed by atoms with E-state index in [2.05, 4.69) is 83.3 Å². The molecule has 1 saturated carbocycles. The van der Waals surface area contributed by atoms with E-state index < -0.39 is 6.29 Å². The van der Waals surface area contributed by atoms with Gasteiger partial charge in [0.15, 0.2) is 14.7 Å². The number of rotatable bonds is 8. The lowest BCUT2D eigenvalue weighted by molar-refractivity contribution is -0.175. The van der Waals surface area contributed by atoms with Gasteiger partial charge in [-0.05, 0) is 68.3 Å². The molecule has 1 fully saturated rings. The van der Waals surface area contributed by atoms with E-state index in [4.69, 9.17) is 9.47 Å². The fraction of sp³-hybridized carbons (Fsp3) is 0.269. The number of halogens is 1. The molecule has 1 aliphatic rings. The van der Waals surface area contributed by atoms with Crippen LogP contribution in [0.3, 0.4) is 0 Å². The van der Waals surface area contributed by atoms with E-state index in [-0.39, 0.29) is 26.7 Å². The Balaban J connectivity index is 1.56. The first-order valence-electron chi connectivity index (χ1n) is 10.6. The van der Waals surface area contributed by atoms with Crippen molar-refractivity contribution in [2.45, 2.75) is 51.1 Å². The van der Waals surface area contributed by atoms with Crippen LogP contribution < -0.4 is 4.74 Å². The fourth-order valence-corrected chi connectivity index (χ4v) is 5.68. The Morgan fingerprint density at radius 2 is 1.39 bits per heavy atom. The number of ether oxygens (including phenoxy) is 2. The largest absolute Gasteiger partial charge is 0.454 e. The van der Waals surface area contributed by atoms with Crippen molar-refractivity contribution in [3.8, 4) is 5.75 Å². The second-order valence-corrected chi connectivity index (χ2v) is 11.5. The first kappa shape index (κ1) is 22.2. The Kier molecular flexibility index (Phi) is 7.56. The number of carbonyl (C=O) groups is 1. The molecule has 0 bridgehead atoms. The molecule has 2 atom stereocenters. The third-order valence-electron chi connectivity index (χ3n) is 5.36. The van der Waals surface area contributed by atoms with Crippen LogP contribution in [-0.2, 0) is 20.4 Å². The van der Waals surface area contributed by atoms with E-state index in [0.717, 1.165) is 25.0 Å². The Bertz CT molecular complexity index is 933. The van der Waals surface area contributed by atoms with Gasteiger partial charge in [-0.3, -0.25) is 4.79 Å². The van der Waals surface area contributed by atoms with Crippen molar-refractivity contribution in [2.75, 3.05) is 0 Å². The molecule has 0 amide bonds. The van der Waals surface area contributed by atoms with Crippen molar-refractivity contribution in [1.29, 1.82) is 0 Å². The summed E-state index contributed by atoms with van der Waals surface area (Å²) in [6.45, 7) is 1.84. The minimum absolute atomic E-state index is 0.190. The lowest BCUT2D eigenvalue weighted by Gasteiger charge is -2.33. The predicted octanol–water partition coefficient (Wildman–Crippen LogP) is 6.65. The molecule has 3 aromatic carbocycles. The van der Waals surface area contributed by atoms with Crippen LogP contribution in [0.5, 0.6) is 5.75 Å². The van der Waals surface area contributed by atoms with Crippen molar-refractivity contribution in [3.05, 3.63) is 84.9 Å².